The minimum Gasteiger partial charge on any atom is -0.367 e. The maximum atomic E-state index is 13.3. The molecule has 1 aliphatic rings. The first-order valence-corrected chi connectivity index (χ1v) is 8.17. The molecule has 3 rings (SSSR count). The fourth-order valence-electron chi connectivity index (χ4n) is 3.15. The second-order valence-electron chi connectivity index (χ2n) is 6.14. The van der Waals surface area contributed by atoms with Crippen molar-refractivity contribution in [3.63, 3.8) is 0 Å². The lowest BCUT2D eigenvalue weighted by molar-refractivity contribution is 0.0746. The molecule has 1 aromatic heterocycles. The quantitative estimate of drug-likeness (QED) is 0.845. The number of carbonyl (C=O) groups excluding carboxylic acids is 1. The molecule has 1 aliphatic heterocycles. The van der Waals surface area contributed by atoms with Crippen molar-refractivity contribution < 1.29 is 9.18 Å². The van der Waals surface area contributed by atoms with Crippen LogP contribution in [-0.4, -0.2) is 42.0 Å². The van der Waals surface area contributed by atoms with E-state index in [0.717, 1.165) is 17.1 Å². The fourth-order valence-corrected chi connectivity index (χ4v) is 3.15. The molecule has 1 amide bonds. The van der Waals surface area contributed by atoms with Gasteiger partial charge in [0.15, 0.2) is 0 Å². The number of nitriles is 1. The third-order valence-electron chi connectivity index (χ3n) is 4.40. The SMILES string of the molecule is Cc1cc(N2CCN(C(=O)c3cccc(F)c3)CC2)c(C#N)c(C)n1. The van der Waals surface area contributed by atoms with Crippen LogP contribution in [0.2, 0.25) is 0 Å². The van der Waals surface area contributed by atoms with E-state index in [1.165, 1.54) is 12.1 Å². The molecule has 2 aromatic rings. The van der Waals surface area contributed by atoms with Gasteiger partial charge >= 0.3 is 0 Å². The molecule has 0 N–H and O–H groups in total. The van der Waals surface area contributed by atoms with Gasteiger partial charge in [-0.2, -0.15) is 5.26 Å². The second-order valence-corrected chi connectivity index (χ2v) is 6.14. The lowest BCUT2D eigenvalue weighted by atomic mass is 10.1. The minimum atomic E-state index is -0.411. The van der Waals surface area contributed by atoms with Crippen LogP contribution < -0.4 is 4.90 Å². The molecular formula is C19H19FN4O. The third-order valence-corrected chi connectivity index (χ3v) is 4.40. The van der Waals surface area contributed by atoms with Crippen LogP contribution in [0.1, 0.15) is 27.3 Å². The van der Waals surface area contributed by atoms with E-state index in [1.807, 2.05) is 19.9 Å². The van der Waals surface area contributed by atoms with E-state index in [1.54, 1.807) is 17.0 Å². The Morgan fingerprint density at radius 1 is 1.20 bits per heavy atom. The molecule has 2 heterocycles. The number of rotatable bonds is 2. The molecule has 0 unspecified atom stereocenters. The van der Waals surface area contributed by atoms with Crippen molar-refractivity contribution in [2.45, 2.75) is 13.8 Å². The highest BCUT2D eigenvalue weighted by Crippen LogP contribution is 2.24. The van der Waals surface area contributed by atoms with Gasteiger partial charge in [-0.05, 0) is 38.1 Å². The molecule has 0 aliphatic carbocycles. The molecule has 0 radical (unpaired) electrons. The van der Waals surface area contributed by atoms with Crippen molar-refractivity contribution in [3.8, 4) is 6.07 Å². The Labute approximate surface area is 146 Å². The zero-order valence-corrected chi connectivity index (χ0v) is 14.3. The highest BCUT2D eigenvalue weighted by molar-refractivity contribution is 5.94. The molecule has 6 heteroatoms. The molecule has 0 saturated carbocycles. The standard InChI is InChI=1S/C19H19FN4O/c1-13-10-18(17(12-21)14(2)22-13)23-6-8-24(9-7-23)19(25)15-4-3-5-16(20)11-15/h3-5,10-11H,6-9H2,1-2H3. The van der Waals surface area contributed by atoms with Gasteiger partial charge in [-0.3, -0.25) is 9.78 Å². The monoisotopic (exact) mass is 338 g/mol. The van der Waals surface area contributed by atoms with Crippen LogP contribution in [0.4, 0.5) is 10.1 Å². The molecule has 0 atom stereocenters. The largest absolute Gasteiger partial charge is 0.367 e. The Morgan fingerprint density at radius 2 is 1.92 bits per heavy atom. The summed E-state index contributed by atoms with van der Waals surface area (Å²) in [6.07, 6.45) is 0. The van der Waals surface area contributed by atoms with Crippen LogP contribution in [-0.2, 0) is 0 Å². The number of hydrogen-bond donors (Lipinski definition) is 0. The molecule has 128 valence electrons. The van der Waals surface area contributed by atoms with Crippen molar-refractivity contribution in [3.05, 3.63) is 58.7 Å². The average molecular weight is 338 g/mol. The number of aryl methyl sites for hydroxylation is 2. The Bertz CT molecular complexity index is 851. The zero-order chi connectivity index (χ0) is 18.0. The Balaban J connectivity index is 1.75. The van der Waals surface area contributed by atoms with Gasteiger partial charge in [-0.1, -0.05) is 6.07 Å². The van der Waals surface area contributed by atoms with E-state index in [-0.39, 0.29) is 5.91 Å². The zero-order valence-electron chi connectivity index (χ0n) is 14.3. The summed E-state index contributed by atoms with van der Waals surface area (Å²) in [5, 5.41) is 9.42. The molecule has 5 nitrogen and oxygen atoms in total. The van der Waals surface area contributed by atoms with Gasteiger partial charge in [0.05, 0.1) is 16.9 Å². The van der Waals surface area contributed by atoms with Crippen molar-refractivity contribution >= 4 is 11.6 Å². The fraction of sp³-hybridized carbons (Fsp3) is 0.316. The predicted octanol–water partition coefficient (Wildman–Crippen LogP) is 2.67. The number of pyridine rings is 1. The Kier molecular flexibility index (Phi) is 4.66. The number of benzene rings is 1. The number of piperazine rings is 1. The normalized spacial score (nSPS) is 14.3. The number of hydrogen-bond acceptors (Lipinski definition) is 4. The number of halogens is 1. The molecule has 1 saturated heterocycles. The maximum Gasteiger partial charge on any atom is 0.254 e. The van der Waals surface area contributed by atoms with E-state index in [4.69, 9.17) is 0 Å². The first-order valence-electron chi connectivity index (χ1n) is 8.17. The summed E-state index contributed by atoms with van der Waals surface area (Å²) in [5.74, 6) is -0.576. The summed E-state index contributed by atoms with van der Waals surface area (Å²) in [4.78, 5) is 20.7. The van der Waals surface area contributed by atoms with Crippen LogP contribution in [0.3, 0.4) is 0 Å². The summed E-state index contributed by atoms with van der Waals surface area (Å²) in [5.41, 5.74) is 3.39. The highest BCUT2D eigenvalue weighted by Gasteiger charge is 2.24. The number of amides is 1. The summed E-state index contributed by atoms with van der Waals surface area (Å²) >= 11 is 0. The van der Waals surface area contributed by atoms with Gasteiger partial charge in [0, 0.05) is 37.4 Å². The van der Waals surface area contributed by atoms with E-state index in [2.05, 4.69) is 16.0 Å². The van der Waals surface area contributed by atoms with E-state index >= 15 is 0 Å². The lowest BCUT2D eigenvalue weighted by Gasteiger charge is -2.36. The van der Waals surface area contributed by atoms with E-state index in [9.17, 15) is 14.4 Å². The number of carbonyl (C=O) groups is 1. The van der Waals surface area contributed by atoms with Crippen LogP contribution >= 0.6 is 0 Å². The topological polar surface area (TPSA) is 60.2 Å². The molecule has 1 fully saturated rings. The van der Waals surface area contributed by atoms with Gasteiger partial charge in [0.25, 0.3) is 5.91 Å². The molecule has 0 bridgehead atoms. The lowest BCUT2D eigenvalue weighted by Crippen LogP contribution is -2.49. The van der Waals surface area contributed by atoms with Crippen LogP contribution in [0.25, 0.3) is 0 Å². The van der Waals surface area contributed by atoms with Crippen molar-refractivity contribution in [1.82, 2.24) is 9.88 Å². The van der Waals surface area contributed by atoms with E-state index < -0.39 is 5.82 Å². The van der Waals surface area contributed by atoms with Gasteiger partial charge < -0.3 is 9.80 Å². The number of anilines is 1. The molecule has 25 heavy (non-hydrogen) atoms. The van der Waals surface area contributed by atoms with Crippen molar-refractivity contribution in [1.29, 1.82) is 5.26 Å². The van der Waals surface area contributed by atoms with Crippen LogP contribution in [0.5, 0.6) is 0 Å². The molecular weight excluding hydrogens is 319 g/mol. The summed E-state index contributed by atoms with van der Waals surface area (Å²) in [6.45, 7) is 6.04. The summed E-state index contributed by atoms with van der Waals surface area (Å²) < 4.78 is 13.3. The van der Waals surface area contributed by atoms with Gasteiger partial charge in [0.1, 0.15) is 11.9 Å². The maximum absolute atomic E-state index is 13.3. The van der Waals surface area contributed by atoms with Crippen LogP contribution in [0, 0.1) is 31.0 Å². The highest BCUT2D eigenvalue weighted by atomic mass is 19.1. The van der Waals surface area contributed by atoms with Gasteiger partial charge in [-0.25, -0.2) is 4.39 Å². The first kappa shape index (κ1) is 16.9. The average Bonchev–Trinajstić information content (AvgIpc) is 2.60. The smallest absolute Gasteiger partial charge is 0.254 e. The third kappa shape index (κ3) is 3.45. The predicted molar refractivity (Wildman–Crippen MR) is 92.9 cm³/mol. The Morgan fingerprint density at radius 3 is 2.56 bits per heavy atom. The second kappa shape index (κ2) is 6.89. The minimum absolute atomic E-state index is 0.165. The molecule has 1 aromatic carbocycles. The van der Waals surface area contributed by atoms with E-state index in [0.29, 0.717) is 37.3 Å². The molecule has 0 spiro atoms. The first-order chi connectivity index (χ1) is 12.0. The van der Waals surface area contributed by atoms with Crippen LogP contribution in [0.15, 0.2) is 30.3 Å². The van der Waals surface area contributed by atoms with Crippen molar-refractivity contribution in [2.24, 2.45) is 0 Å². The Hall–Kier alpha value is -2.94. The number of aromatic nitrogens is 1. The summed E-state index contributed by atoms with van der Waals surface area (Å²) in [6, 6.07) is 9.90. The van der Waals surface area contributed by atoms with Gasteiger partial charge in [0.2, 0.25) is 0 Å². The van der Waals surface area contributed by atoms with Gasteiger partial charge in [-0.15, -0.1) is 0 Å². The summed E-state index contributed by atoms with van der Waals surface area (Å²) in [7, 11) is 0. The number of nitrogens with zero attached hydrogens (tertiary/aromatic N) is 4. The van der Waals surface area contributed by atoms with Crippen molar-refractivity contribution in [2.75, 3.05) is 31.1 Å².